The summed E-state index contributed by atoms with van der Waals surface area (Å²) in [5.74, 6) is -0.583. The number of sulfonamides is 1. The Bertz CT molecular complexity index is 590. The van der Waals surface area contributed by atoms with Gasteiger partial charge in [0.15, 0.2) is 5.75 Å². The molecule has 0 saturated heterocycles. The summed E-state index contributed by atoms with van der Waals surface area (Å²) >= 11 is 0. The monoisotopic (exact) mass is 319 g/mol. The van der Waals surface area contributed by atoms with Crippen LogP contribution in [0.3, 0.4) is 0 Å². The van der Waals surface area contributed by atoms with E-state index >= 15 is 0 Å². The highest BCUT2D eigenvalue weighted by atomic mass is 32.2. The van der Waals surface area contributed by atoms with E-state index in [0.29, 0.717) is 19.7 Å². The minimum Gasteiger partial charge on any atom is -0.502 e. The molecule has 10 heteroatoms. The van der Waals surface area contributed by atoms with E-state index in [9.17, 15) is 23.6 Å². The molecule has 1 aromatic carbocycles. The van der Waals surface area contributed by atoms with Gasteiger partial charge in [-0.2, -0.15) is 0 Å². The summed E-state index contributed by atoms with van der Waals surface area (Å²) in [5.41, 5.74) is -0.656. The number of aromatic hydroxyl groups is 1. The van der Waals surface area contributed by atoms with Crippen molar-refractivity contribution in [1.29, 1.82) is 0 Å². The normalized spacial score (nSPS) is 11.5. The number of hydrogen-bond donors (Lipinski definition) is 3. The van der Waals surface area contributed by atoms with E-state index in [1.54, 1.807) is 7.11 Å². The Morgan fingerprint density at radius 3 is 2.67 bits per heavy atom. The number of rotatable bonds is 9. The van der Waals surface area contributed by atoms with Gasteiger partial charge in [-0.3, -0.25) is 10.1 Å². The highest BCUT2D eigenvalue weighted by Gasteiger charge is 2.20. The van der Waals surface area contributed by atoms with Gasteiger partial charge in [-0.15, -0.1) is 0 Å². The molecular weight excluding hydrogens is 302 g/mol. The summed E-state index contributed by atoms with van der Waals surface area (Å²) in [4.78, 5) is 9.55. The standard InChI is InChI=1S/C11H17N3O6S/c1-20-7-6-12-4-5-13-21(18,19)9-2-3-11(15)10(8-9)14(16)17/h2-3,8,12-13,15H,4-7H2,1H3. The van der Waals surface area contributed by atoms with Crippen LogP contribution in [0, 0.1) is 10.1 Å². The van der Waals surface area contributed by atoms with E-state index < -0.39 is 26.4 Å². The second-order valence-corrected chi connectivity index (χ2v) is 5.82. The number of benzene rings is 1. The van der Waals surface area contributed by atoms with Crippen molar-refractivity contribution in [3.05, 3.63) is 28.3 Å². The topological polar surface area (TPSA) is 131 Å². The molecule has 0 heterocycles. The fourth-order valence-corrected chi connectivity index (χ4v) is 2.52. The Morgan fingerprint density at radius 1 is 1.33 bits per heavy atom. The van der Waals surface area contributed by atoms with E-state index in [4.69, 9.17) is 4.74 Å². The number of nitro groups is 1. The number of ether oxygens (including phenoxy) is 1. The van der Waals surface area contributed by atoms with Crippen LogP contribution in [-0.4, -0.2) is 51.8 Å². The average Bonchev–Trinajstić information content (AvgIpc) is 2.42. The first-order valence-electron chi connectivity index (χ1n) is 6.05. The molecule has 0 bridgehead atoms. The molecule has 0 aliphatic rings. The van der Waals surface area contributed by atoms with Crippen LogP contribution in [-0.2, 0) is 14.8 Å². The maximum Gasteiger partial charge on any atom is 0.312 e. The molecule has 1 aromatic rings. The Hall–Kier alpha value is -1.75. The molecule has 0 unspecified atom stereocenters. The van der Waals surface area contributed by atoms with Crippen molar-refractivity contribution in [2.75, 3.05) is 33.4 Å². The van der Waals surface area contributed by atoms with E-state index in [2.05, 4.69) is 10.0 Å². The fourth-order valence-electron chi connectivity index (χ4n) is 1.47. The highest BCUT2D eigenvalue weighted by Crippen LogP contribution is 2.27. The van der Waals surface area contributed by atoms with Gasteiger partial charge in [0.25, 0.3) is 0 Å². The zero-order valence-corrected chi connectivity index (χ0v) is 12.2. The molecule has 118 valence electrons. The summed E-state index contributed by atoms with van der Waals surface area (Å²) in [6, 6.07) is 2.89. The zero-order valence-electron chi connectivity index (χ0n) is 11.4. The second-order valence-electron chi connectivity index (χ2n) is 4.05. The van der Waals surface area contributed by atoms with Crippen LogP contribution in [0.4, 0.5) is 5.69 Å². The van der Waals surface area contributed by atoms with Crippen LogP contribution in [0.5, 0.6) is 5.75 Å². The summed E-state index contributed by atoms with van der Waals surface area (Å²) in [7, 11) is -2.30. The largest absolute Gasteiger partial charge is 0.502 e. The molecule has 0 atom stereocenters. The molecule has 3 N–H and O–H groups in total. The van der Waals surface area contributed by atoms with Crippen LogP contribution >= 0.6 is 0 Å². The van der Waals surface area contributed by atoms with E-state index in [1.807, 2.05) is 0 Å². The highest BCUT2D eigenvalue weighted by molar-refractivity contribution is 7.89. The van der Waals surface area contributed by atoms with Gasteiger partial charge in [0.2, 0.25) is 10.0 Å². The average molecular weight is 319 g/mol. The third-order valence-electron chi connectivity index (χ3n) is 2.53. The van der Waals surface area contributed by atoms with Crippen LogP contribution in [0.25, 0.3) is 0 Å². The molecule has 0 radical (unpaired) electrons. The van der Waals surface area contributed by atoms with Crippen LogP contribution in [0.2, 0.25) is 0 Å². The lowest BCUT2D eigenvalue weighted by molar-refractivity contribution is -0.386. The molecule has 0 amide bonds. The third kappa shape index (κ3) is 5.27. The maximum atomic E-state index is 11.9. The van der Waals surface area contributed by atoms with E-state index in [1.165, 1.54) is 0 Å². The van der Waals surface area contributed by atoms with Crippen molar-refractivity contribution >= 4 is 15.7 Å². The molecule has 1 rings (SSSR count). The van der Waals surface area contributed by atoms with Gasteiger partial charge in [-0.1, -0.05) is 0 Å². The van der Waals surface area contributed by atoms with Gasteiger partial charge in [-0.25, -0.2) is 13.1 Å². The lowest BCUT2D eigenvalue weighted by Gasteiger charge is -2.08. The minimum atomic E-state index is -3.86. The van der Waals surface area contributed by atoms with Crippen LogP contribution in [0.1, 0.15) is 0 Å². The smallest absolute Gasteiger partial charge is 0.312 e. The lowest BCUT2D eigenvalue weighted by Crippen LogP contribution is -2.33. The Kier molecular flexibility index (Phi) is 6.49. The molecule has 0 fully saturated rings. The van der Waals surface area contributed by atoms with Crippen molar-refractivity contribution < 1.29 is 23.2 Å². The Balaban J connectivity index is 2.66. The molecule has 0 aromatic heterocycles. The van der Waals surface area contributed by atoms with E-state index in [-0.39, 0.29) is 11.4 Å². The van der Waals surface area contributed by atoms with Crippen molar-refractivity contribution in [2.45, 2.75) is 4.90 Å². The maximum absolute atomic E-state index is 11.9. The quantitative estimate of drug-likeness (QED) is 0.327. The molecular formula is C11H17N3O6S. The molecule has 0 spiro atoms. The minimum absolute atomic E-state index is 0.126. The first-order chi connectivity index (χ1) is 9.88. The number of phenols is 1. The summed E-state index contributed by atoms with van der Waals surface area (Å²) < 4.78 is 31.0. The number of nitrogens with zero attached hydrogens (tertiary/aromatic N) is 1. The van der Waals surface area contributed by atoms with Crippen molar-refractivity contribution in [3.63, 3.8) is 0 Å². The Morgan fingerprint density at radius 2 is 2.05 bits per heavy atom. The number of nitro benzene ring substituents is 1. The van der Waals surface area contributed by atoms with Gasteiger partial charge in [0.1, 0.15) is 0 Å². The molecule has 0 aliphatic carbocycles. The van der Waals surface area contributed by atoms with Crippen molar-refractivity contribution in [2.24, 2.45) is 0 Å². The lowest BCUT2D eigenvalue weighted by atomic mass is 10.3. The van der Waals surface area contributed by atoms with Crippen LogP contribution < -0.4 is 10.0 Å². The van der Waals surface area contributed by atoms with Crippen molar-refractivity contribution in [1.82, 2.24) is 10.0 Å². The molecule has 0 saturated carbocycles. The van der Waals surface area contributed by atoms with Gasteiger partial charge < -0.3 is 15.2 Å². The van der Waals surface area contributed by atoms with E-state index in [0.717, 1.165) is 18.2 Å². The fraction of sp³-hybridized carbons (Fsp3) is 0.455. The second kappa shape index (κ2) is 7.88. The van der Waals surface area contributed by atoms with Gasteiger partial charge >= 0.3 is 5.69 Å². The Labute approximate surface area is 122 Å². The number of methoxy groups -OCH3 is 1. The van der Waals surface area contributed by atoms with Crippen LogP contribution in [0.15, 0.2) is 23.1 Å². The molecule has 9 nitrogen and oxygen atoms in total. The molecule has 0 aliphatic heterocycles. The number of nitrogens with one attached hydrogen (secondary N) is 2. The third-order valence-corrected chi connectivity index (χ3v) is 3.99. The first kappa shape index (κ1) is 17.3. The predicted octanol–water partition coefficient (Wildman–Crippen LogP) is -0.185. The first-order valence-corrected chi connectivity index (χ1v) is 7.53. The van der Waals surface area contributed by atoms with Crippen molar-refractivity contribution in [3.8, 4) is 5.75 Å². The summed E-state index contributed by atoms with van der Waals surface area (Å²) in [5, 5.41) is 22.9. The SMILES string of the molecule is COCCNCCNS(=O)(=O)c1ccc(O)c([N+](=O)[O-])c1. The van der Waals surface area contributed by atoms with Gasteiger partial charge in [0.05, 0.1) is 16.4 Å². The van der Waals surface area contributed by atoms with Gasteiger partial charge in [0, 0.05) is 32.8 Å². The number of hydrogen-bond acceptors (Lipinski definition) is 7. The summed E-state index contributed by atoms with van der Waals surface area (Å²) in [6.45, 7) is 1.61. The summed E-state index contributed by atoms with van der Waals surface area (Å²) in [6.07, 6.45) is 0. The molecule has 21 heavy (non-hydrogen) atoms. The predicted molar refractivity (Wildman–Crippen MR) is 74.7 cm³/mol. The zero-order chi connectivity index (χ0) is 15.9. The van der Waals surface area contributed by atoms with Gasteiger partial charge in [-0.05, 0) is 12.1 Å². The number of phenolic OH excluding ortho intramolecular Hbond substituents is 1.